The van der Waals surface area contributed by atoms with Crippen molar-refractivity contribution in [2.24, 2.45) is 0 Å². The molecule has 0 saturated carbocycles. The van der Waals surface area contributed by atoms with Gasteiger partial charge in [0.25, 0.3) is 0 Å². The lowest BCUT2D eigenvalue weighted by Gasteiger charge is -2.14. The Labute approximate surface area is 102 Å². The number of aliphatic hydroxyl groups is 1. The van der Waals surface area contributed by atoms with Gasteiger partial charge in [0.1, 0.15) is 0 Å². The van der Waals surface area contributed by atoms with Crippen molar-refractivity contribution in [2.75, 3.05) is 6.61 Å². The maximum absolute atomic E-state index is 9.06. The molecule has 1 heterocycles. The van der Waals surface area contributed by atoms with E-state index in [2.05, 4.69) is 43.4 Å². The predicted octanol–water partition coefficient (Wildman–Crippen LogP) is 2.30. The topological polar surface area (TPSA) is 45.1 Å². The van der Waals surface area contributed by atoms with Gasteiger partial charge in [-0.2, -0.15) is 0 Å². The Morgan fingerprint density at radius 1 is 1.50 bits per heavy atom. The summed E-state index contributed by atoms with van der Waals surface area (Å²) in [4.78, 5) is 4.60. The molecule has 0 aliphatic rings. The molecule has 2 N–H and O–H groups in total. The Hall–Kier alpha value is -0.450. The molecule has 0 unspecified atom stereocenters. The minimum atomic E-state index is 0.129. The van der Waals surface area contributed by atoms with Crippen LogP contribution in [0.25, 0.3) is 0 Å². The van der Waals surface area contributed by atoms with E-state index in [-0.39, 0.29) is 18.1 Å². The van der Waals surface area contributed by atoms with Crippen LogP contribution in [0.15, 0.2) is 5.38 Å². The number of aliphatic hydroxyl groups excluding tert-OH is 1. The largest absolute Gasteiger partial charge is 0.395 e. The molecular formula is C12H22N2OS. The molecule has 0 amide bonds. The summed E-state index contributed by atoms with van der Waals surface area (Å²) in [6, 6.07) is 0.180. The molecule has 92 valence electrons. The highest BCUT2D eigenvalue weighted by Gasteiger charge is 2.17. The zero-order chi connectivity index (χ0) is 12.2. The second-order valence-electron chi connectivity index (χ2n) is 5.06. The van der Waals surface area contributed by atoms with E-state index in [0.29, 0.717) is 0 Å². The predicted molar refractivity (Wildman–Crippen MR) is 68.8 cm³/mol. The molecule has 1 aromatic rings. The molecule has 1 rings (SSSR count). The van der Waals surface area contributed by atoms with E-state index in [1.54, 1.807) is 11.3 Å². The van der Waals surface area contributed by atoms with Crippen LogP contribution in [0.3, 0.4) is 0 Å². The number of nitrogens with one attached hydrogen (secondary N) is 1. The molecule has 0 aliphatic heterocycles. The van der Waals surface area contributed by atoms with Gasteiger partial charge in [-0.1, -0.05) is 27.7 Å². The first-order valence-electron chi connectivity index (χ1n) is 5.76. The monoisotopic (exact) mass is 242 g/mol. The standard InChI is InChI=1S/C12H22N2OS/c1-5-9(7-15)13-6-10-8-16-11(14-10)12(2,3)4/h8-9,13,15H,5-7H2,1-4H3/t9-/m0/s1. The van der Waals surface area contributed by atoms with Crippen LogP contribution in [0.4, 0.5) is 0 Å². The molecule has 0 radical (unpaired) electrons. The summed E-state index contributed by atoms with van der Waals surface area (Å²) in [5, 5.41) is 15.6. The first-order chi connectivity index (χ1) is 7.47. The van der Waals surface area contributed by atoms with Gasteiger partial charge in [-0.25, -0.2) is 4.98 Å². The normalized spacial score (nSPS) is 14.1. The van der Waals surface area contributed by atoms with E-state index < -0.39 is 0 Å². The third-order valence-electron chi connectivity index (χ3n) is 2.48. The van der Waals surface area contributed by atoms with Crippen LogP contribution >= 0.6 is 11.3 Å². The van der Waals surface area contributed by atoms with Gasteiger partial charge < -0.3 is 10.4 Å². The highest BCUT2D eigenvalue weighted by atomic mass is 32.1. The fourth-order valence-electron chi connectivity index (χ4n) is 1.32. The summed E-state index contributed by atoms with van der Waals surface area (Å²) < 4.78 is 0. The smallest absolute Gasteiger partial charge is 0.0982 e. The van der Waals surface area contributed by atoms with Gasteiger partial charge in [-0.3, -0.25) is 0 Å². The molecule has 0 bridgehead atoms. The Bertz CT molecular complexity index is 313. The first-order valence-corrected chi connectivity index (χ1v) is 6.64. The minimum absolute atomic E-state index is 0.129. The van der Waals surface area contributed by atoms with Gasteiger partial charge in [0.15, 0.2) is 0 Å². The molecule has 0 aromatic carbocycles. The van der Waals surface area contributed by atoms with Gasteiger partial charge in [0.2, 0.25) is 0 Å². The molecule has 0 spiro atoms. The van der Waals surface area contributed by atoms with E-state index in [0.717, 1.165) is 18.7 Å². The lowest BCUT2D eigenvalue weighted by atomic mass is 9.98. The van der Waals surface area contributed by atoms with Crippen molar-refractivity contribution < 1.29 is 5.11 Å². The van der Waals surface area contributed by atoms with E-state index in [9.17, 15) is 0 Å². The fourth-order valence-corrected chi connectivity index (χ4v) is 2.23. The van der Waals surface area contributed by atoms with Crippen molar-refractivity contribution in [3.05, 3.63) is 16.1 Å². The van der Waals surface area contributed by atoms with Crippen LogP contribution in [0.5, 0.6) is 0 Å². The van der Waals surface area contributed by atoms with E-state index in [1.165, 1.54) is 5.01 Å². The average molecular weight is 242 g/mol. The Kier molecular flexibility index (Phi) is 4.89. The molecule has 1 aromatic heterocycles. The molecule has 16 heavy (non-hydrogen) atoms. The van der Waals surface area contributed by atoms with Crippen LogP contribution in [-0.2, 0) is 12.0 Å². The second kappa shape index (κ2) is 5.75. The van der Waals surface area contributed by atoms with Crippen molar-refractivity contribution in [3.8, 4) is 0 Å². The summed E-state index contributed by atoms with van der Waals surface area (Å²) >= 11 is 1.71. The van der Waals surface area contributed by atoms with Crippen LogP contribution in [0.2, 0.25) is 0 Å². The van der Waals surface area contributed by atoms with Crippen molar-refractivity contribution in [1.82, 2.24) is 10.3 Å². The highest BCUT2D eigenvalue weighted by molar-refractivity contribution is 7.09. The minimum Gasteiger partial charge on any atom is -0.395 e. The molecule has 4 heteroatoms. The molecule has 0 saturated heterocycles. The van der Waals surface area contributed by atoms with E-state index in [4.69, 9.17) is 5.11 Å². The van der Waals surface area contributed by atoms with Gasteiger partial charge >= 0.3 is 0 Å². The van der Waals surface area contributed by atoms with Crippen molar-refractivity contribution in [1.29, 1.82) is 0 Å². The Balaban J connectivity index is 2.53. The maximum atomic E-state index is 9.06. The zero-order valence-electron chi connectivity index (χ0n) is 10.6. The average Bonchev–Trinajstić information content (AvgIpc) is 2.67. The quantitative estimate of drug-likeness (QED) is 0.833. The Morgan fingerprint density at radius 3 is 2.62 bits per heavy atom. The third-order valence-corrected chi connectivity index (χ3v) is 3.80. The summed E-state index contributed by atoms with van der Waals surface area (Å²) in [6.07, 6.45) is 0.937. The van der Waals surface area contributed by atoms with Crippen molar-refractivity contribution >= 4 is 11.3 Å². The molecule has 1 atom stereocenters. The SMILES string of the molecule is CC[C@@H](CO)NCc1csc(C(C)(C)C)n1. The highest BCUT2D eigenvalue weighted by Crippen LogP contribution is 2.25. The summed E-state index contributed by atoms with van der Waals surface area (Å²) in [5.41, 5.74) is 1.20. The van der Waals surface area contributed by atoms with Crippen LogP contribution in [0, 0.1) is 0 Å². The lowest BCUT2D eigenvalue weighted by molar-refractivity contribution is 0.238. The number of hydrogen-bond donors (Lipinski definition) is 2. The van der Waals surface area contributed by atoms with Crippen molar-refractivity contribution in [2.45, 2.75) is 52.1 Å². The van der Waals surface area contributed by atoms with Crippen LogP contribution < -0.4 is 5.32 Å². The fraction of sp³-hybridized carbons (Fsp3) is 0.750. The molecule has 0 aliphatic carbocycles. The van der Waals surface area contributed by atoms with E-state index in [1.807, 2.05) is 0 Å². The van der Waals surface area contributed by atoms with E-state index >= 15 is 0 Å². The van der Waals surface area contributed by atoms with Gasteiger partial charge in [0.05, 0.1) is 17.3 Å². The number of nitrogens with zero attached hydrogens (tertiary/aromatic N) is 1. The number of aromatic nitrogens is 1. The zero-order valence-corrected chi connectivity index (χ0v) is 11.4. The molecule has 3 nitrogen and oxygen atoms in total. The van der Waals surface area contributed by atoms with Crippen LogP contribution in [0.1, 0.15) is 44.8 Å². The van der Waals surface area contributed by atoms with Gasteiger partial charge in [-0.05, 0) is 6.42 Å². The summed E-state index contributed by atoms with van der Waals surface area (Å²) in [5.74, 6) is 0. The number of thiazole rings is 1. The summed E-state index contributed by atoms with van der Waals surface area (Å²) in [7, 11) is 0. The number of rotatable bonds is 5. The lowest BCUT2D eigenvalue weighted by Crippen LogP contribution is -2.31. The van der Waals surface area contributed by atoms with Gasteiger partial charge in [-0.15, -0.1) is 11.3 Å². The van der Waals surface area contributed by atoms with Crippen LogP contribution in [-0.4, -0.2) is 22.7 Å². The summed E-state index contributed by atoms with van der Waals surface area (Å²) in [6.45, 7) is 9.51. The Morgan fingerprint density at radius 2 is 2.19 bits per heavy atom. The second-order valence-corrected chi connectivity index (χ2v) is 5.92. The third kappa shape index (κ3) is 3.85. The maximum Gasteiger partial charge on any atom is 0.0982 e. The van der Waals surface area contributed by atoms with Crippen molar-refractivity contribution in [3.63, 3.8) is 0 Å². The molecule has 0 fully saturated rings. The number of hydrogen-bond acceptors (Lipinski definition) is 4. The molecular weight excluding hydrogens is 220 g/mol. The first kappa shape index (κ1) is 13.6. The van der Waals surface area contributed by atoms with Gasteiger partial charge in [0, 0.05) is 23.4 Å².